The van der Waals surface area contributed by atoms with Crippen molar-refractivity contribution in [2.45, 2.75) is 0 Å². The normalized spacial score (nSPS) is 9.95. The molecular formula is C13H5BrClIN4O. The molecule has 104 valence electrons. The summed E-state index contributed by atoms with van der Waals surface area (Å²) in [6.45, 7) is 0. The van der Waals surface area contributed by atoms with Gasteiger partial charge in [0.1, 0.15) is 29.1 Å². The second-order valence-electron chi connectivity index (χ2n) is 3.97. The van der Waals surface area contributed by atoms with Crippen LogP contribution in [-0.4, -0.2) is 4.98 Å². The van der Waals surface area contributed by atoms with Crippen molar-refractivity contribution in [1.82, 2.24) is 4.98 Å². The van der Waals surface area contributed by atoms with E-state index >= 15 is 0 Å². The van der Waals surface area contributed by atoms with Gasteiger partial charge in [-0.2, -0.15) is 10.5 Å². The zero-order chi connectivity index (χ0) is 15.7. The van der Waals surface area contributed by atoms with Gasteiger partial charge in [0.2, 0.25) is 0 Å². The average molecular weight is 475 g/mol. The zero-order valence-corrected chi connectivity index (χ0v) is 14.7. The number of nitrogens with one attached hydrogen (secondary N) is 1. The molecule has 0 fully saturated rings. The molecular weight excluding hydrogens is 470 g/mol. The predicted molar refractivity (Wildman–Crippen MR) is 91.8 cm³/mol. The van der Waals surface area contributed by atoms with E-state index in [9.17, 15) is 15.3 Å². The van der Waals surface area contributed by atoms with E-state index in [0.717, 1.165) is 3.57 Å². The maximum absolute atomic E-state index is 11.9. The van der Waals surface area contributed by atoms with E-state index in [1.807, 2.05) is 12.1 Å². The first-order valence-corrected chi connectivity index (χ1v) is 7.66. The molecule has 0 aliphatic heterocycles. The summed E-state index contributed by atoms with van der Waals surface area (Å²) in [5.74, 6) is -0.0848. The van der Waals surface area contributed by atoms with Crippen molar-refractivity contribution in [2.75, 3.05) is 5.73 Å². The third-order valence-electron chi connectivity index (χ3n) is 2.73. The summed E-state index contributed by atoms with van der Waals surface area (Å²) >= 11 is 11.5. The van der Waals surface area contributed by atoms with E-state index in [1.165, 1.54) is 0 Å². The molecule has 21 heavy (non-hydrogen) atoms. The number of rotatable bonds is 1. The predicted octanol–water partition coefficient (Wildman–Crippen LogP) is 3.39. The summed E-state index contributed by atoms with van der Waals surface area (Å²) in [7, 11) is 0. The second-order valence-corrected chi connectivity index (χ2v) is 6.36. The van der Waals surface area contributed by atoms with Crippen molar-refractivity contribution in [3.05, 3.63) is 46.7 Å². The van der Waals surface area contributed by atoms with Crippen LogP contribution in [0.3, 0.4) is 0 Å². The van der Waals surface area contributed by atoms with E-state index in [4.69, 9.17) is 17.3 Å². The van der Waals surface area contributed by atoms with E-state index < -0.39 is 5.56 Å². The Labute approximate surface area is 146 Å². The fourth-order valence-corrected chi connectivity index (χ4v) is 3.31. The third kappa shape index (κ3) is 2.77. The number of aromatic nitrogens is 1. The van der Waals surface area contributed by atoms with Crippen molar-refractivity contribution < 1.29 is 0 Å². The minimum Gasteiger partial charge on any atom is -0.384 e. The van der Waals surface area contributed by atoms with Crippen LogP contribution in [0.25, 0.3) is 11.1 Å². The average Bonchev–Trinajstić information content (AvgIpc) is 2.42. The summed E-state index contributed by atoms with van der Waals surface area (Å²) in [5, 5.41) is 18.9. The quantitative estimate of drug-likeness (QED) is 0.487. The molecule has 0 aliphatic carbocycles. The largest absolute Gasteiger partial charge is 0.384 e. The topological polar surface area (TPSA) is 106 Å². The van der Waals surface area contributed by atoms with E-state index in [2.05, 4.69) is 43.5 Å². The summed E-state index contributed by atoms with van der Waals surface area (Å²) in [6.07, 6.45) is 0. The molecule has 0 saturated heterocycles. The van der Waals surface area contributed by atoms with Crippen LogP contribution in [0.2, 0.25) is 5.02 Å². The van der Waals surface area contributed by atoms with Crippen molar-refractivity contribution in [3.63, 3.8) is 0 Å². The number of halogens is 3. The van der Waals surface area contributed by atoms with E-state index in [0.29, 0.717) is 15.1 Å². The first kappa shape index (κ1) is 15.8. The number of benzene rings is 1. The Morgan fingerprint density at radius 3 is 2.48 bits per heavy atom. The number of nitrogen functional groups attached to an aromatic ring is 1. The molecule has 0 saturated carbocycles. The van der Waals surface area contributed by atoms with Crippen LogP contribution in [0.15, 0.2) is 21.4 Å². The lowest BCUT2D eigenvalue weighted by Crippen LogP contribution is -2.16. The summed E-state index contributed by atoms with van der Waals surface area (Å²) < 4.78 is 1.41. The number of nitriles is 2. The van der Waals surface area contributed by atoms with Crippen LogP contribution in [0.5, 0.6) is 0 Å². The van der Waals surface area contributed by atoms with Gasteiger partial charge in [0.25, 0.3) is 5.56 Å². The van der Waals surface area contributed by atoms with Gasteiger partial charge in [-0.05, 0) is 50.7 Å². The summed E-state index contributed by atoms with van der Waals surface area (Å²) in [4.78, 5) is 14.2. The number of hydrogen-bond donors (Lipinski definition) is 2. The smallest absolute Gasteiger partial charge is 0.268 e. The Balaban J connectivity index is 3.04. The Morgan fingerprint density at radius 1 is 1.29 bits per heavy atom. The molecule has 0 aliphatic rings. The molecule has 0 spiro atoms. The molecule has 1 aromatic heterocycles. The maximum atomic E-state index is 11.9. The van der Waals surface area contributed by atoms with Gasteiger partial charge in [-0.15, -0.1) is 0 Å². The monoisotopic (exact) mass is 474 g/mol. The minimum absolute atomic E-state index is 0.0323. The van der Waals surface area contributed by atoms with Crippen molar-refractivity contribution in [3.8, 4) is 23.3 Å². The molecule has 1 heterocycles. The molecule has 2 rings (SSSR count). The number of H-pyrrole nitrogens is 1. The van der Waals surface area contributed by atoms with Gasteiger partial charge < -0.3 is 10.7 Å². The van der Waals surface area contributed by atoms with Crippen LogP contribution < -0.4 is 11.3 Å². The molecule has 0 radical (unpaired) electrons. The Bertz CT molecular complexity index is 895. The SMILES string of the molecule is N#Cc1c(N)[nH]c(=O)c(C#N)c1-c1cc(Cl)cc(I)c1Br. The molecule has 0 bridgehead atoms. The fourth-order valence-electron chi connectivity index (χ4n) is 1.85. The van der Waals surface area contributed by atoms with Gasteiger partial charge >= 0.3 is 0 Å². The van der Waals surface area contributed by atoms with Gasteiger partial charge in [-0.3, -0.25) is 4.79 Å². The van der Waals surface area contributed by atoms with E-state index in [1.54, 1.807) is 12.1 Å². The van der Waals surface area contributed by atoms with Crippen molar-refractivity contribution in [1.29, 1.82) is 10.5 Å². The highest BCUT2D eigenvalue weighted by atomic mass is 127. The fraction of sp³-hybridized carbons (Fsp3) is 0. The van der Waals surface area contributed by atoms with Crippen LogP contribution in [0, 0.1) is 26.2 Å². The number of nitrogens with two attached hydrogens (primary N) is 1. The lowest BCUT2D eigenvalue weighted by Gasteiger charge is -2.12. The first-order chi connectivity index (χ1) is 9.90. The van der Waals surface area contributed by atoms with Gasteiger partial charge in [0.15, 0.2) is 0 Å². The van der Waals surface area contributed by atoms with Crippen LogP contribution in [-0.2, 0) is 0 Å². The standard InChI is InChI=1S/C13H5BrClIN4O/c14-11-6(1-5(15)2-9(11)16)10-7(3-17)12(19)20-13(21)8(10)4-18/h1-2H,(H3,19,20,21). The Kier molecular flexibility index (Phi) is 4.57. The highest BCUT2D eigenvalue weighted by Gasteiger charge is 2.21. The lowest BCUT2D eigenvalue weighted by molar-refractivity contribution is 1.21. The number of anilines is 1. The minimum atomic E-state index is -0.647. The Morgan fingerprint density at radius 2 is 1.90 bits per heavy atom. The van der Waals surface area contributed by atoms with Crippen molar-refractivity contribution in [2.24, 2.45) is 0 Å². The van der Waals surface area contributed by atoms with Gasteiger partial charge in [-0.25, -0.2) is 0 Å². The summed E-state index contributed by atoms with van der Waals surface area (Å²) in [5.41, 5.74) is 5.53. The molecule has 3 N–H and O–H groups in total. The Hall–Kier alpha value is -1.55. The van der Waals surface area contributed by atoms with Crippen LogP contribution in [0.4, 0.5) is 5.82 Å². The molecule has 0 atom stereocenters. The van der Waals surface area contributed by atoms with Gasteiger partial charge in [0.05, 0.1) is 0 Å². The molecule has 8 heteroatoms. The van der Waals surface area contributed by atoms with Crippen LogP contribution in [0.1, 0.15) is 11.1 Å². The molecule has 1 aromatic carbocycles. The zero-order valence-electron chi connectivity index (χ0n) is 10.2. The molecule has 0 unspecified atom stereocenters. The second kappa shape index (κ2) is 6.06. The number of hydrogen-bond acceptors (Lipinski definition) is 4. The highest BCUT2D eigenvalue weighted by molar-refractivity contribution is 14.1. The molecule has 5 nitrogen and oxygen atoms in total. The van der Waals surface area contributed by atoms with Crippen LogP contribution >= 0.6 is 50.1 Å². The first-order valence-electron chi connectivity index (χ1n) is 5.41. The third-order valence-corrected chi connectivity index (χ3v) is 5.40. The molecule has 0 amide bonds. The number of nitrogens with zero attached hydrogens (tertiary/aromatic N) is 2. The highest BCUT2D eigenvalue weighted by Crippen LogP contribution is 2.38. The number of pyridine rings is 1. The maximum Gasteiger partial charge on any atom is 0.268 e. The number of aromatic amines is 1. The summed E-state index contributed by atoms with van der Waals surface area (Å²) in [6, 6.07) is 7.02. The van der Waals surface area contributed by atoms with Crippen molar-refractivity contribution >= 4 is 55.9 Å². The molecule has 2 aromatic rings. The van der Waals surface area contributed by atoms with Gasteiger partial charge in [0, 0.05) is 24.2 Å². The van der Waals surface area contributed by atoms with E-state index in [-0.39, 0.29) is 22.5 Å². The van der Waals surface area contributed by atoms with Gasteiger partial charge in [-0.1, -0.05) is 11.6 Å². The lowest BCUT2D eigenvalue weighted by atomic mass is 9.97.